The highest BCUT2D eigenvalue weighted by Gasteiger charge is 2.41. The van der Waals surface area contributed by atoms with Gasteiger partial charge in [-0.1, -0.05) is 24.3 Å². The Hall–Kier alpha value is -8.95. The minimum atomic E-state index is -1.78. The molecular formula is C62H90N16O22S6. The van der Waals surface area contributed by atoms with Crippen LogP contribution >= 0.6 is 75.8 Å². The Morgan fingerprint density at radius 1 is 0.472 bits per heavy atom. The Bertz CT molecular complexity index is 3480. The third kappa shape index (κ3) is 30.1. The van der Waals surface area contributed by atoms with E-state index in [4.69, 9.17) is 11.5 Å². The normalized spacial score (nSPS) is 16.4. The molecule has 0 unspecified atom stereocenters. The lowest BCUT2D eigenvalue weighted by Crippen LogP contribution is -2.61. The summed E-state index contributed by atoms with van der Waals surface area (Å²) in [6, 6.07) is -10.3. The lowest BCUT2D eigenvalue weighted by atomic mass is 10.0. The van der Waals surface area contributed by atoms with Gasteiger partial charge in [0.25, 0.3) is 0 Å². The van der Waals surface area contributed by atoms with Crippen LogP contribution in [-0.2, 0) is 94.3 Å². The topological polar surface area (TPSA) is 603 Å². The number of carbonyl (C=O) groups excluding carboxylic acids is 15. The largest absolute Gasteiger partial charge is 0.508 e. The number of aliphatic hydroxyl groups is 1. The van der Waals surface area contributed by atoms with Gasteiger partial charge in [-0.15, -0.1) is 0 Å². The summed E-state index contributed by atoms with van der Waals surface area (Å²) < 4.78 is 0. The molecule has 0 saturated carbocycles. The first-order chi connectivity index (χ1) is 49.9. The summed E-state index contributed by atoms with van der Waals surface area (Å²) in [5.41, 5.74) is 12.0. The van der Waals surface area contributed by atoms with Crippen LogP contribution in [0.15, 0.2) is 48.5 Å². The number of amides is 15. The molecule has 44 heteroatoms. The van der Waals surface area contributed by atoms with Crippen molar-refractivity contribution < 1.29 is 107 Å². The van der Waals surface area contributed by atoms with E-state index in [0.29, 0.717) is 11.1 Å². The Morgan fingerprint density at radius 3 is 1.31 bits per heavy atom. The van der Waals surface area contributed by atoms with Crippen molar-refractivity contribution in [3.05, 3.63) is 59.7 Å². The van der Waals surface area contributed by atoms with Gasteiger partial charge < -0.3 is 111 Å². The van der Waals surface area contributed by atoms with Crippen molar-refractivity contribution in [2.45, 2.75) is 156 Å². The van der Waals surface area contributed by atoms with Gasteiger partial charge in [-0.2, -0.15) is 75.8 Å². The summed E-state index contributed by atoms with van der Waals surface area (Å²) >= 11 is 24.6. The molecule has 1 fully saturated rings. The van der Waals surface area contributed by atoms with E-state index in [1.807, 2.05) is 0 Å². The molecule has 1 saturated heterocycles. The van der Waals surface area contributed by atoms with E-state index in [0.717, 1.165) is 11.8 Å². The molecule has 1 aliphatic heterocycles. The predicted octanol–water partition coefficient (Wildman–Crippen LogP) is -8.04. The van der Waals surface area contributed by atoms with Crippen LogP contribution in [0, 0.1) is 0 Å². The third-order valence-electron chi connectivity index (χ3n) is 15.8. The van der Waals surface area contributed by atoms with Crippen LogP contribution in [0.2, 0.25) is 0 Å². The average molecular weight is 1600 g/mol. The molecule has 1 aliphatic rings. The van der Waals surface area contributed by atoms with E-state index in [-0.39, 0.29) is 61.0 Å². The molecule has 0 bridgehead atoms. The number of aliphatic carboxylic acids is 2. The smallest absolute Gasteiger partial charge is 0.326 e. The van der Waals surface area contributed by atoms with Crippen LogP contribution in [-0.4, -0.2) is 269 Å². The molecule has 586 valence electrons. The molecule has 15 amide bonds. The average Bonchev–Trinajstić information content (AvgIpc) is 1.64. The van der Waals surface area contributed by atoms with E-state index in [1.165, 1.54) is 62.4 Å². The number of nitrogens with zero attached hydrogens (tertiary/aromatic N) is 1. The van der Waals surface area contributed by atoms with Crippen molar-refractivity contribution in [1.29, 1.82) is 0 Å². The van der Waals surface area contributed by atoms with Gasteiger partial charge in [0.1, 0.15) is 90.0 Å². The minimum Gasteiger partial charge on any atom is -0.508 e. The number of rotatable bonds is 44. The van der Waals surface area contributed by atoms with Crippen molar-refractivity contribution in [3.63, 3.8) is 0 Å². The maximum Gasteiger partial charge on any atom is 0.326 e. The first-order valence-electron chi connectivity index (χ1n) is 32.5. The number of phenolic OH excluding ortho intramolecular Hbond substituents is 2. The Morgan fingerprint density at radius 2 is 0.858 bits per heavy atom. The van der Waals surface area contributed by atoms with E-state index in [2.05, 4.69) is 145 Å². The second kappa shape index (κ2) is 45.5. The zero-order chi connectivity index (χ0) is 79.8. The van der Waals surface area contributed by atoms with Gasteiger partial charge in [-0.25, -0.2) is 4.79 Å². The molecule has 0 aliphatic carbocycles. The molecule has 0 radical (unpaired) electrons. The second-order valence-electron chi connectivity index (χ2n) is 24.1. The number of hydrogen-bond acceptors (Lipinski definition) is 27. The van der Waals surface area contributed by atoms with Crippen LogP contribution in [0.25, 0.3) is 0 Å². The fraction of sp³-hybridized carbons (Fsp3) is 0.532. The van der Waals surface area contributed by atoms with Crippen LogP contribution in [0.1, 0.15) is 64.0 Å². The Balaban J connectivity index is 1.65. The molecule has 38 nitrogen and oxygen atoms in total. The summed E-state index contributed by atoms with van der Waals surface area (Å²) in [5.74, 6) is -20.2. The van der Waals surface area contributed by atoms with E-state index in [9.17, 15) is 107 Å². The van der Waals surface area contributed by atoms with Crippen molar-refractivity contribution >= 4 is 176 Å². The molecule has 2 aromatic rings. The number of thiol groups is 6. The molecule has 0 spiro atoms. The number of primary amides is 1. The quantitative estimate of drug-likeness (QED) is 0.0274. The highest BCUT2D eigenvalue weighted by molar-refractivity contribution is 7.81. The van der Waals surface area contributed by atoms with Crippen LogP contribution in [0.5, 0.6) is 11.5 Å². The molecule has 15 atom stereocenters. The maximum absolute atomic E-state index is 14.2. The van der Waals surface area contributed by atoms with Crippen LogP contribution in [0.3, 0.4) is 0 Å². The number of carbonyl (C=O) groups is 17. The number of benzene rings is 2. The van der Waals surface area contributed by atoms with Gasteiger partial charge >= 0.3 is 11.9 Å². The molecule has 0 aromatic heterocycles. The van der Waals surface area contributed by atoms with Crippen LogP contribution < -0.4 is 80.6 Å². The van der Waals surface area contributed by atoms with Gasteiger partial charge in [0.05, 0.1) is 25.1 Å². The van der Waals surface area contributed by atoms with Crippen LogP contribution in [0.4, 0.5) is 0 Å². The lowest BCUT2D eigenvalue weighted by Gasteiger charge is -2.30. The number of aromatic hydroxyl groups is 2. The summed E-state index contributed by atoms with van der Waals surface area (Å²) in [7, 11) is 0. The number of nitrogens with one attached hydrogen (secondary N) is 13. The summed E-state index contributed by atoms with van der Waals surface area (Å²) in [4.78, 5) is 226. The van der Waals surface area contributed by atoms with Crippen molar-refractivity contribution in [2.75, 3.05) is 47.6 Å². The standard InChI is InChI=1S/C62H90N16O22S6/c1-27(49(86)66-28(2)50(87)73-43(26-106)58(95)77-48(29(3)79)60(97)65-20-46(83)68-39(22-102)54(91)72-38(62(99)100)18-31-8-12-33(81)13-9-31)67-59(96)44-5-4-16-78(44)61(98)37(19-45(64)82)71-56(93)41(24-104)76-57(94)42(25-105)75-53(90)36(17-30-6-10-32(80)11-7-30)70-52(89)35(14-15-47(84)85)69-55(92)40(23-103)74-51(88)34(63)21-101/h6-13,27-29,34-44,48,79-81,101-106H,4-5,14-26,63H2,1-3H3,(H2,64,82)(H,65,97)(H,66,86)(H,67,96)(H,68,83)(H,69,92)(H,70,89)(H,71,93)(H,72,91)(H,73,87)(H,74,88)(H,75,90)(H,76,94)(H,77,95)(H,84,85)(H,99,100)/t27-,28-,29+,34-,35-,36-,37-,38-,39-,40-,41-,42-,43-,44-,48-/m0/s1. The summed E-state index contributed by atoms with van der Waals surface area (Å²) in [6.45, 7) is 2.61. The minimum absolute atomic E-state index is 0.000494. The number of aliphatic hydroxyl groups excluding tert-OH is 1. The Labute approximate surface area is 640 Å². The van der Waals surface area contributed by atoms with Crippen molar-refractivity contribution in [2.24, 2.45) is 11.5 Å². The van der Waals surface area contributed by atoms with Gasteiger partial charge in [-0.3, -0.25) is 76.7 Å². The highest BCUT2D eigenvalue weighted by Crippen LogP contribution is 2.21. The van der Waals surface area contributed by atoms with Gasteiger partial charge in [-0.05, 0) is 75.4 Å². The predicted molar refractivity (Wildman–Crippen MR) is 397 cm³/mol. The fourth-order valence-corrected chi connectivity index (χ4v) is 11.3. The number of likely N-dealkylation sites (tertiary alicyclic amines) is 1. The number of nitrogens with two attached hydrogens (primary N) is 2. The number of carboxylic acid groups (broad SMARTS) is 2. The fourth-order valence-electron chi connectivity index (χ4n) is 9.81. The van der Waals surface area contributed by atoms with E-state index >= 15 is 0 Å². The highest BCUT2D eigenvalue weighted by atomic mass is 32.1. The Kier molecular flexibility index (Phi) is 39.2. The van der Waals surface area contributed by atoms with Gasteiger partial charge in [0, 0.05) is 60.3 Å². The SMILES string of the molecule is C[C@H](NC(=O)[C@H](C)NC(=O)[C@@H]1CCCN1C(=O)[C@H](CC(N)=O)NC(=O)[C@H](CS)NC(=O)[C@H](CS)NC(=O)[C@H](Cc1ccc(O)cc1)NC(=O)[C@H](CCC(=O)O)NC(=O)[C@H](CS)NC(=O)[C@@H](N)CS)C(=O)N[C@@H](CS)C(=O)N[C@H](C(=O)NCC(=O)N[C@@H](CS)C(=O)N[C@@H](Cc1ccc(O)cc1)C(=O)O)[C@@H](C)O. The molecule has 1 heterocycles. The second-order valence-corrected chi connectivity index (χ2v) is 26.3. The van der Waals surface area contributed by atoms with Crippen molar-refractivity contribution in [3.8, 4) is 11.5 Å². The molecule has 22 N–H and O–H groups in total. The van der Waals surface area contributed by atoms with Gasteiger partial charge in [0.2, 0.25) is 88.6 Å². The van der Waals surface area contributed by atoms with E-state index < -0.39 is 234 Å². The zero-order valence-electron chi connectivity index (χ0n) is 57.3. The molecule has 3 rings (SSSR count). The molecule has 106 heavy (non-hydrogen) atoms. The lowest BCUT2D eigenvalue weighted by molar-refractivity contribution is -0.143. The summed E-state index contributed by atoms with van der Waals surface area (Å²) in [5, 5.41) is 79.5. The number of carboxylic acids is 2. The number of phenols is 2. The third-order valence-corrected chi connectivity index (χ3v) is 18.0. The maximum atomic E-state index is 14.2. The van der Waals surface area contributed by atoms with E-state index in [1.54, 1.807) is 0 Å². The molecular weight excluding hydrogens is 1510 g/mol. The monoisotopic (exact) mass is 1600 g/mol. The zero-order valence-corrected chi connectivity index (χ0v) is 62.7. The summed E-state index contributed by atoms with van der Waals surface area (Å²) in [6.07, 6.45) is -4.00. The molecule has 2 aromatic carbocycles. The number of hydrogen-bond donors (Lipinski definition) is 26. The van der Waals surface area contributed by atoms with Gasteiger partial charge in [0.15, 0.2) is 0 Å². The first-order valence-corrected chi connectivity index (χ1v) is 36.3. The van der Waals surface area contributed by atoms with Crippen molar-refractivity contribution in [1.82, 2.24) is 74.0 Å². The first kappa shape index (κ1) is 91.3.